The molecule has 3 aromatic carbocycles. The van der Waals surface area contributed by atoms with Crippen LogP contribution in [-0.4, -0.2) is 16.7 Å². The van der Waals surface area contributed by atoms with Crippen molar-refractivity contribution >= 4 is 34.4 Å². The van der Waals surface area contributed by atoms with E-state index in [9.17, 15) is 9.59 Å². The van der Waals surface area contributed by atoms with E-state index in [1.54, 1.807) is 53.9 Å². The normalized spacial score (nSPS) is 11.7. The Bertz CT molecular complexity index is 1220. The Morgan fingerprint density at radius 2 is 1.53 bits per heavy atom. The third kappa shape index (κ3) is 5.08. The highest BCUT2D eigenvalue weighted by Gasteiger charge is 2.16. The van der Waals surface area contributed by atoms with Gasteiger partial charge < -0.3 is 16.8 Å². The van der Waals surface area contributed by atoms with Crippen LogP contribution in [0.3, 0.4) is 0 Å². The first-order chi connectivity index (χ1) is 15.5. The third-order valence-electron chi connectivity index (χ3n) is 4.95. The van der Waals surface area contributed by atoms with Gasteiger partial charge in [0.15, 0.2) is 5.78 Å². The van der Waals surface area contributed by atoms with Gasteiger partial charge in [0.2, 0.25) is 0 Å². The molecule has 32 heavy (non-hydrogen) atoms. The minimum Gasteiger partial charge on any atom is -0.399 e. The van der Waals surface area contributed by atoms with Crippen LogP contribution < -0.4 is 16.8 Å². The zero-order valence-corrected chi connectivity index (χ0v) is 18.0. The zero-order valence-electron chi connectivity index (χ0n) is 17.2. The number of benzene rings is 3. The lowest BCUT2D eigenvalue weighted by atomic mass is 10.0. The lowest BCUT2D eigenvalue weighted by Gasteiger charge is -2.08. The Hall–Kier alpha value is -3.81. The first kappa shape index (κ1) is 21.4. The maximum absolute atomic E-state index is 12.6. The Morgan fingerprint density at radius 3 is 2.19 bits per heavy atom. The number of rotatable bonds is 7. The van der Waals surface area contributed by atoms with Crippen molar-refractivity contribution in [1.82, 2.24) is 4.98 Å². The molecule has 4 aromatic rings. The van der Waals surface area contributed by atoms with Crippen molar-refractivity contribution in [3.8, 4) is 0 Å². The molecule has 1 amide bonds. The molecule has 0 bridgehead atoms. The monoisotopic (exact) mass is 442 g/mol. The molecule has 1 unspecified atom stereocenters. The van der Waals surface area contributed by atoms with E-state index in [1.165, 1.54) is 11.3 Å². The molecule has 5 N–H and O–H groups in total. The predicted octanol–water partition coefficient (Wildman–Crippen LogP) is 4.45. The molecule has 0 spiro atoms. The van der Waals surface area contributed by atoms with Gasteiger partial charge >= 0.3 is 0 Å². The van der Waals surface area contributed by atoms with E-state index in [-0.39, 0.29) is 17.7 Å². The lowest BCUT2D eigenvalue weighted by Crippen LogP contribution is -2.15. The maximum Gasteiger partial charge on any atom is 0.275 e. The van der Waals surface area contributed by atoms with Gasteiger partial charge in [-0.3, -0.25) is 9.59 Å². The van der Waals surface area contributed by atoms with E-state index in [0.29, 0.717) is 39.6 Å². The van der Waals surface area contributed by atoms with Gasteiger partial charge in [0.25, 0.3) is 5.91 Å². The largest absolute Gasteiger partial charge is 0.399 e. The first-order valence-corrected chi connectivity index (χ1v) is 10.9. The molecule has 0 aliphatic heterocycles. The molecule has 4 rings (SSSR count). The lowest BCUT2D eigenvalue weighted by molar-refractivity contribution is 0.102. The van der Waals surface area contributed by atoms with E-state index < -0.39 is 0 Å². The molecular formula is C25H22N4O2S. The first-order valence-electron chi connectivity index (χ1n) is 10.1. The standard InChI is InChI=1S/C25H22N4O2S/c26-19-10-6-17(7-11-19)23(30)18-8-12-20(13-9-18)28-24(31)22-15-32-25(29-22)21(27)14-16-4-2-1-3-5-16/h1-13,15,21H,14,26-27H2,(H,28,31). The molecule has 0 saturated heterocycles. The summed E-state index contributed by atoms with van der Waals surface area (Å²) in [7, 11) is 0. The van der Waals surface area contributed by atoms with E-state index in [2.05, 4.69) is 10.3 Å². The summed E-state index contributed by atoms with van der Waals surface area (Å²) in [4.78, 5) is 29.6. The van der Waals surface area contributed by atoms with E-state index in [1.807, 2.05) is 30.3 Å². The highest BCUT2D eigenvalue weighted by atomic mass is 32.1. The number of nitrogen functional groups attached to an aromatic ring is 1. The molecule has 160 valence electrons. The molecule has 1 aromatic heterocycles. The Morgan fingerprint density at radius 1 is 0.906 bits per heavy atom. The number of carbonyl (C=O) groups is 2. The van der Waals surface area contributed by atoms with Crippen molar-refractivity contribution in [3.05, 3.63) is 112 Å². The minimum atomic E-state index is -0.322. The highest BCUT2D eigenvalue weighted by Crippen LogP contribution is 2.21. The predicted molar refractivity (Wildman–Crippen MR) is 128 cm³/mol. The second-order valence-electron chi connectivity index (χ2n) is 7.35. The van der Waals surface area contributed by atoms with Gasteiger partial charge in [-0.2, -0.15) is 0 Å². The Kier molecular flexibility index (Phi) is 6.39. The quantitative estimate of drug-likeness (QED) is 0.289. The third-order valence-corrected chi connectivity index (χ3v) is 5.92. The fraction of sp³-hybridized carbons (Fsp3) is 0.0800. The number of nitrogens with one attached hydrogen (secondary N) is 1. The number of thiazole rings is 1. The topological polar surface area (TPSA) is 111 Å². The number of carbonyl (C=O) groups excluding carboxylic acids is 2. The van der Waals surface area contributed by atoms with Crippen LogP contribution in [0.4, 0.5) is 11.4 Å². The van der Waals surface area contributed by atoms with E-state index in [4.69, 9.17) is 11.5 Å². The maximum atomic E-state index is 12.6. The average Bonchev–Trinajstić information content (AvgIpc) is 3.31. The average molecular weight is 443 g/mol. The summed E-state index contributed by atoms with van der Waals surface area (Å²) in [6, 6.07) is 23.2. The highest BCUT2D eigenvalue weighted by molar-refractivity contribution is 7.09. The summed E-state index contributed by atoms with van der Waals surface area (Å²) in [6.45, 7) is 0. The van der Waals surface area contributed by atoms with Crippen molar-refractivity contribution < 1.29 is 9.59 Å². The molecule has 0 fully saturated rings. The van der Waals surface area contributed by atoms with Crippen LogP contribution in [0.5, 0.6) is 0 Å². The van der Waals surface area contributed by atoms with Gasteiger partial charge in [-0.05, 0) is 60.5 Å². The Labute approximate surface area is 189 Å². The van der Waals surface area contributed by atoms with Crippen LogP contribution in [0.1, 0.15) is 43.0 Å². The number of hydrogen-bond donors (Lipinski definition) is 3. The van der Waals surface area contributed by atoms with Crippen LogP contribution in [0.15, 0.2) is 84.2 Å². The zero-order chi connectivity index (χ0) is 22.5. The summed E-state index contributed by atoms with van der Waals surface area (Å²) < 4.78 is 0. The summed E-state index contributed by atoms with van der Waals surface area (Å²) in [5.74, 6) is -0.434. The van der Waals surface area contributed by atoms with Gasteiger partial charge in [-0.15, -0.1) is 11.3 Å². The molecule has 7 heteroatoms. The molecule has 1 atom stereocenters. The minimum absolute atomic E-state index is 0.112. The molecule has 0 radical (unpaired) electrons. The van der Waals surface area contributed by atoms with Crippen LogP contribution in [0, 0.1) is 0 Å². The van der Waals surface area contributed by atoms with Crippen molar-refractivity contribution in [2.45, 2.75) is 12.5 Å². The molecule has 0 saturated carbocycles. The Balaban J connectivity index is 1.39. The number of anilines is 2. The number of nitrogens with two attached hydrogens (primary N) is 2. The van der Waals surface area contributed by atoms with Crippen LogP contribution in [-0.2, 0) is 6.42 Å². The summed E-state index contributed by atoms with van der Waals surface area (Å²) in [5, 5.41) is 5.22. The van der Waals surface area contributed by atoms with E-state index >= 15 is 0 Å². The van der Waals surface area contributed by atoms with Gasteiger partial charge in [0.05, 0.1) is 6.04 Å². The van der Waals surface area contributed by atoms with Gasteiger partial charge in [-0.25, -0.2) is 4.98 Å². The number of hydrogen-bond acceptors (Lipinski definition) is 6. The number of aromatic nitrogens is 1. The summed E-state index contributed by atoms with van der Waals surface area (Å²) in [6.07, 6.45) is 0.652. The summed E-state index contributed by atoms with van der Waals surface area (Å²) >= 11 is 1.37. The van der Waals surface area contributed by atoms with Crippen molar-refractivity contribution in [2.24, 2.45) is 5.73 Å². The number of nitrogens with zero attached hydrogens (tertiary/aromatic N) is 1. The molecule has 0 aliphatic rings. The smallest absolute Gasteiger partial charge is 0.275 e. The second kappa shape index (κ2) is 9.55. The van der Waals surface area contributed by atoms with Gasteiger partial charge in [-0.1, -0.05) is 30.3 Å². The number of amides is 1. The SMILES string of the molecule is Nc1ccc(C(=O)c2ccc(NC(=O)c3csc(C(N)Cc4ccccc4)n3)cc2)cc1. The van der Waals surface area contributed by atoms with Crippen molar-refractivity contribution in [2.75, 3.05) is 11.1 Å². The van der Waals surface area contributed by atoms with E-state index in [0.717, 1.165) is 5.56 Å². The molecular weight excluding hydrogens is 420 g/mol. The summed E-state index contributed by atoms with van der Waals surface area (Å²) in [5.41, 5.74) is 15.6. The molecule has 0 aliphatic carbocycles. The van der Waals surface area contributed by atoms with Crippen LogP contribution in [0.2, 0.25) is 0 Å². The number of ketones is 1. The van der Waals surface area contributed by atoms with Crippen LogP contribution >= 0.6 is 11.3 Å². The van der Waals surface area contributed by atoms with Crippen molar-refractivity contribution in [3.63, 3.8) is 0 Å². The molecule has 6 nitrogen and oxygen atoms in total. The van der Waals surface area contributed by atoms with Crippen molar-refractivity contribution in [1.29, 1.82) is 0 Å². The second-order valence-corrected chi connectivity index (χ2v) is 8.24. The van der Waals surface area contributed by atoms with Crippen LogP contribution in [0.25, 0.3) is 0 Å². The fourth-order valence-corrected chi connectivity index (χ4v) is 4.02. The fourth-order valence-electron chi connectivity index (χ4n) is 3.22. The van der Waals surface area contributed by atoms with Gasteiger partial charge in [0.1, 0.15) is 10.7 Å². The van der Waals surface area contributed by atoms with Gasteiger partial charge in [0, 0.05) is 27.9 Å². The molecule has 1 heterocycles.